The summed E-state index contributed by atoms with van der Waals surface area (Å²) in [5.41, 5.74) is 6.05. The van der Waals surface area contributed by atoms with Crippen LogP contribution in [0.25, 0.3) is 28.2 Å². The molecule has 35 heavy (non-hydrogen) atoms. The van der Waals surface area contributed by atoms with Crippen molar-refractivity contribution in [1.82, 2.24) is 24.4 Å². The first-order chi connectivity index (χ1) is 17.2. The summed E-state index contributed by atoms with van der Waals surface area (Å²) in [5.74, 6) is 1.43. The van der Waals surface area contributed by atoms with Crippen LogP contribution in [0.5, 0.6) is 0 Å². The molecule has 0 amide bonds. The number of aromatic nitrogens is 4. The van der Waals surface area contributed by atoms with E-state index in [9.17, 15) is 0 Å². The van der Waals surface area contributed by atoms with Crippen molar-refractivity contribution < 1.29 is 0 Å². The lowest BCUT2D eigenvalue weighted by atomic mass is 10.1. The molecule has 1 aliphatic heterocycles. The van der Waals surface area contributed by atoms with Crippen LogP contribution in [0.3, 0.4) is 0 Å². The van der Waals surface area contributed by atoms with E-state index < -0.39 is 0 Å². The number of fused-ring (bicyclic) bond motifs is 1. The van der Waals surface area contributed by atoms with Crippen LogP contribution in [-0.2, 0) is 6.54 Å². The van der Waals surface area contributed by atoms with E-state index in [1.807, 2.05) is 29.1 Å². The Bertz CT molecular complexity index is 1400. The predicted molar refractivity (Wildman–Crippen MR) is 143 cm³/mol. The highest BCUT2D eigenvalue weighted by Gasteiger charge is 2.17. The molecule has 7 nitrogen and oxygen atoms in total. The maximum absolute atomic E-state index is 4.96. The van der Waals surface area contributed by atoms with Gasteiger partial charge in [-0.2, -0.15) is 11.3 Å². The van der Waals surface area contributed by atoms with Crippen LogP contribution in [0.4, 0.5) is 11.5 Å². The maximum atomic E-state index is 4.96. The van der Waals surface area contributed by atoms with Crippen molar-refractivity contribution in [2.24, 2.45) is 0 Å². The van der Waals surface area contributed by atoms with E-state index in [0.29, 0.717) is 12.4 Å². The molecule has 0 bridgehead atoms. The zero-order chi connectivity index (χ0) is 23.6. The molecule has 0 spiro atoms. The largest absolute Gasteiger partial charge is 0.369 e. The molecule has 1 N–H and O–H groups in total. The smallest absolute Gasteiger partial charge is 0.170 e. The van der Waals surface area contributed by atoms with E-state index >= 15 is 0 Å². The van der Waals surface area contributed by atoms with Crippen LogP contribution < -0.4 is 10.2 Å². The third kappa shape index (κ3) is 4.50. The SMILES string of the molecule is CN1CCN(c2ccc(-c3nc(NCc4ccccc4)c4ncn(-c5ccsc5)c4n3)cc2)CC1. The number of benzene rings is 2. The molecule has 1 saturated heterocycles. The number of anilines is 2. The number of likely N-dealkylation sites (N-methyl/N-ethyl adjacent to an activating group) is 1. The maximum Gasteiger partial charge on any atom is 0.170 e. The second-order valence-electron chi connectivity index (χ2n) is 8.84. The summed E-state index contributed by atoms with van der Waals surface area (Å²) in [6, 6.07) is 21.0. The molecular formula is C27H27N7S. The minimum absolute atomic E-state index is 0.667. The lowest BCUT2D eigenvalue weighted by Gasteiger charge is -2.34. The highest BCUT2D eigenvalue weighted by atomic mass is 32.1. The molecule has 4 heterocycles. The van der Waals surface area contributed by atoms with Crippen molar-refractivity contribution in [3.63, 3.8) is 0 Å². The number of imidazole rings is 1. The minimum atomic E-state index is 0.667. The molecule has 2 aromatic carbocycles. The number of thiophene rings is 1. The van der Waals surface area contributed by atoms with Gasteiger partial charge in [-0.15, -0.1) is 0 Å². The van der Waals surface area contributed by atoms with Gasteiger partial charge in [0.1, 0.15) is 6.33 Å². The number of nitrogens with one attached hydrogen (secondary N) is 1. The van der Waals surface area contributed by atoms with Gasteiger partial charge < -0.3 is 15.1 Å². The van der Waals surface area contributed by atoms with Crippen LogP contribution in [-0.4, -0.2) is 57.6 Å². The Kier molecular flexibility index (Phi) is 5.89. The highest BCUT2D eigenvalue weighted by Crippen LogP contribution is 2.28. The Balaban J connectivity index is 1.36. The van der Waals surface area contributed by atoms with Gasteiger partial charge in [-0.25, -0.2) is 15.0 Å². The molecule has 0 radical (unpaired) electrons. The molecule has 0 aliphatic carbocycles. The summed E-state index contributed by atoms with van der Waals surface area (Å²) in [7, 11) is 2.18. The Morgan fingerprint density at radius 1 is 0.886 bits per heavy atom. The normalized spacial score (nSPS) is 14.5. The van der Waals surface area contributed by atoms with Crippen LogP contribution in [0, 0.1) is 0 Å². The third-order valence-corrected chi connectivity index (χ3v) is 7.15. The zero-order valence-electron chi connectivity index (χ0n) is 19.6. The van der Waals surface area contributed by atoms with Gasteiger partial charge in [0.05, 0.1) is 5.69 Å². The molecular weight excluding hydrogens is 454 g/mol. The number of hydrogen-bond acceptors (Lipinski definition) is 7. The second kappa shape index (κ2) is 9.48. The van der Waals surface area contributed by atoms with E-state index in [2.05, 4.69) is 80.4 Å². The zero-order valence-corrected chi connectivity index (χ0v) is 20.4. The average Bonchev–Trinajstić information content (AvgIpc) is 3.58. The summed E-state index contributed by atoms with van der Waals surface area (Å²) in [5, 5.41) is 7.67. The Morgan fingerprint density at radius 2 is 1.69 bits per heavy atom. The molecule has 3 aromatic heterocycles. The number of rotatable bonds is 6. The molecule has 0 atom stereocenters. The summed E-state index contributed by atoms with van der Waals surface area (Å²) in [6.07, 6.45) is 1.83. The first kappa shape index (κ1) is 21.8. The van der Waals surface area contributed by atoms with E-state index in [1.165, 1.54) is 11.3 Å². The fraction of sp³-hybridized carbons (Fsp3) is 0.222. The second-order valence-corrected chi connectivity index (χ2v) is 9.62. The van der Waals surface area contributed by atoms with Gasteiger partial charge in [0.15, 0.2) is 22.8 Å². The molecule has 1 aliphatic rings. The topological polar surface area (TPSA) is 62.1 Å². The Hall–Kier alpha value is -3.75. The van der Waals surface area contributed by atoms with Crippen molar-refractivity contribution in [3.05, 3.63) is 83.3 Å². The van der Waals surface area contributed by atoms with Crippen LogP contribution in [0.15, 0.2) is 77.8 Å². The summed E-state index contributed by atoms with van der Waals surface area (Å²) in [6.45, 7) is 4.94. The van der Waals surface area contributed by atoms with Crippen molar-refractivity contribution >= 4 is 34.0 Å². The van der Waals surface area contributed by atoms with E-state index in [-0.39, 0.29) is 0 Å². The summed E-state index contributed by atoms with van der Waals surface area (Å²) >= 11 is 1.66. The predicted octanol–water partition coefficient (Wildman–Crippen LogP) is 4.91. The van der Waals surface area contributed by atoms with E-state index in [1.54, 1.807) is 11.3 Å². The summed E-state index contributed by atoms with van der Waals surface area (Å²) < 4.78 is 2.03. The number of hydrogen-bond donors (Lipinski definition) is 1. The van der Waals surface area contributed by atoms with Gasteiger partial charge in [-0.1, -0.05) is 30.3 Å². The van der Waals surface area contributed by atoms with Crippen molar-refractivity contribution in [2.45, 2.75) is 6.54 Å². The summed E-state index contributed by atoms with van der Waals surface area (Å²) in [4.78, 5) is 19.4. The lowest BCUT2D eigenvalue weighted by molar-refractivity contribution is 0.313. The van der Waals surface area contributed by atoms with Crippen molar-refractivity contribution in [2.75, 3.05) is 43.4 Å². The molecule has 176 valence electrons. The quantitative estimate of drug-likeness (QED) is 0.372. The van der Waals surface area contributed by atoms with Gasteiger partial charge in [0.2, 0.25) is 0 Å². The van der Waals surface area contributed by atoms with Gasteiger partial charge in [-0.05, 0) is 48.3 Å². The Labute approximate surface area is 208 Å². The molecule has 6 rings (SSSR count). The van der Waals surface area contributed by atoms with Crippen molar-refractivity contribution in [1.29, 1.82) is 0 Å². The van der Waals surface area contributed by atoms with Crippen LogP contribution in [0.1, 0.15) is 5.56 Å². The van der Waals surface area contributed by atoms with Crippen LogP contribution >= 0.6 is 11.3 Å². The molecule has 8 heteroatoms. The van der Waals surface area contributed by atoms with E-state index in [0.717, 1.165) is 54.4 Å². The molecule has 5 aromatic rings. The van der Waals surface area contributed by atoms with Crippen LogP contribution in [0.2, 0.25) is 0 Å². The average molecular weight is 482 g/mol. The van der Waals surface area contributed by atoms with Gasteiger partial charge in [-0.3, -0.25) is 4.57 Å². The van der Waals surface area contributed by atoms with E-state index in [4.69, 9.17) is 9.97 Å². The fourth-order valence-electron chi connectivity index (χ4n) is 4.40. The Morgan fingerprint density at radius 3 is 2.43 bits per heavy atom. The fourth-order valence-corrected chi connectivity index (χ4v) is 5.03. The van der Waals surface area contributed by atoms with Gasteiger partial charge in [0, 0.05) is 49.4 Å². The standard InChI is InChI=1S/C27H27N7S/c1-32-12-14-33(15-13-32)22-9-7-21(8-10-22)25-30-26(28-17-20-5-3-2-4-6-20)24-27(31-25)34(19-29-24)23-11-16-35-18-23/h2-11,16,18-19H,12-15,17H2,1H3,(H,28,30,31). The molecule has 1 fully saturated rings. The molecule has 0 unspecified atom stereocenters. The van der Waals surface area contributed by atoms with Gasteiger partial charge in [0.25, 0.3) is 0 Å². The first-order valence-corrected chi connectivity index (χ1v) is 12.8. The first-order valence-electron chi connectivity index (χ1n) is 11.8. The third-order valence-electron chi connectivity index (χ3n) is 6.48. The monoisotopic (exact) mass is 481 g/mol. The number of nitrogens with zero attached hydrogens (tertiary/aromatic N) is 6. The highest BCUT2D eigenvalue weighted by molar-refractivity contribution is 7.08. The molecule has 0 saturated carbocycles. The number of piperazine rings is 1. The van der Waals surface area contributed by atoms with Gasteiger partial charge >= 0.3 is 0 Å². The lowest BCUT2D eigenvalue weighted by Crippen LogP contribution is -2.44. The van der Waals surface area contributed by atoms with Crippen molar-refractivity contribution in [3.8, 4) is 17.1 Å². The minimum Gasteiger partial charge on any atom is -0.369 e.